The van der Waals surface area contributed by atoms with E-state index >= 15 is 0 Å². The number of benzene rings is 1. The Morgan fingerprint density at radius 2 is 2.05 bits per heavy atom. The molecule has 0 aliphatic rings. The van der Waals surface area contributed by atoms with Crippen LogP contribution in [0.25, 0.3) is 0 Å². The van der Waals surface area contributed by atoms with Crippen LogP contribution >= 0.6 is 11.6 Å². The van der Waals surface area contributed by atoms with E-state index < -0.39 is 0 Å². The standard InChI is InChI=1S/C17H21ClN2O2/c1-5-11(2)17-12(3)19-20(13(17)4)16(21)10-22-15-9-7-6-8-14(15)18/h6-9,11H,5,10H2,1-4H3. The molecule has 0 spiro atoms. The molecule has 0 N–H and O–H groups in total. The number of para-hydroxylation sites is 1. The molecule has 0 radical (unpaired) electrons. The minimum Gasteiger partial charge on any atom is -0.482 e. The van der Waals surface area contributed by atoms with Crippen LogP contribution in [0.15, 0.2) is 24.3 Å². The fourth-order valence-electron chi connectivity index (χ4n) is 2.58. The maximum Gasteiger partial charge on any atom is 0.284 e. The number of halogens is 1. The summed E-state index contributed by atoms with van der Waals surface area (Å²) in [7, 11) is 0. The Bertz CT molecular complexity index is 679. The van der Waals surface area contributed by atoms with Crippen molar-refractivity contribution >= 4 is 17.5 Å². The zero-order chi connectivity index (χ0) is 16.3. The summed E-state index contributed by atoms with van der Waals surface area (Å²) in [5, 5.41) is 4.86. The predicted molar refractivity (Wildman–Crippen MR) is 88.0 cm³/mol. The topological polar surface area (TPSA) is 44.1 Å². The summed E-state index contributed by atoms with van der Waals surface area (Å²) in [6, 6.07) is 7.10. The summed E-state index contributed by atoms with van der Waals surface area (Å²) >= 11 is 6.02. The van der Waals surface area contributed by atoms with Gasteiger partial charge in [0, 0.05) is 5.69 Å². The third-order valence-electron chi connectivity index (χ3n) is 3.88. The molecule has 1 unspecified atom stereocenters. The largest absolute Gasteiger partial charge is 0.482 e. The zero-order valence-electron chi connectivity index (χ0n) is 13.4. The maximum absolute atomic E-state index is 12.4. The summed E-state index contributed by atoms with van der Waals surface area (Å²) in [6.45, 7) is 8.04. The van der Waals surface area contributed by atoms with E-state index in [4.69, 9.17) is 16.3 Å². The van der Waals surface area contributed by atoms with Gasteiger partial charge in [-0.15, -0.1) is 0 Å². The second-order valence-corrected chi connectivity index (χ2v) is 5.83. The van der Waals surface area contributed by atoms with Gasteiger partial charge >= 0.3 is 0 Å². The molecule has 22 heavy (non-hydrogen) atoms. The highest BCUT2D eigenvalue weighted by Crippen LogP contribution is 2.26. The molecule has 1 atom stereocenters. The molecule has 5 heteroatoms. The monoisotopic (exact) mass is 320 g/mol. The molecule has 0 saturated carbocycles. The molecule has 4 nitrogen and oxygen atoms in total. The van der Waals surface area contributed by atoms with Gasteiger partial charge in [0.15, 0.2) is 6.61 Å². The molecule has 0 bridgehead atoms. The lowest BCUT2D eigenvalue weighted by molar-refractivity contribution is 0.0818. The van der Waals surface area contributed by atoms with Gasteiger partial charge < -0.3 is 4.74 Å². The van der Waals surface area contributed by atoms with E-state index in [0.717, 1.165) is 23.4 Å². The Labute approximate surface area is 136 Å². The third-order valence-corrected chi connectivity index (χ3v) is 4.19. The number of aryl methyl sites for hydroxylation is 1. The van der Waals surface area contributed by atoms with Gasteiger partial charge in [0.05, 0.1) is 10.7 Å². The Hall–Kier alpha value is -1.81. The molecule has 2 rings (SSSR count). The minimum absolute atomic E-state index is 0.0916. The first-order valence-corrected chi connectivity index (χ1v) is 7.80. The molecule has 0 fully saturated rings. The molecular formula is C17H21ClN2O2. The van der Waals surface area contributed by atoms with E-state index in [2.05, 4.69) is 18.9 Å². The SMILES string of the molecule is CCC(C)c1c(C)nn(C(=O)COc2ccccc2Cl)c1C. The summed E-state index contributed by atoms with van der Waals surface area (Å²) in [5.74, 6) is 0.683. The summed E-state index contributed by atoms with van der Waals surface area (Å²) < 4.78 is 6.94. The van der Waals surface area contributed by atoms with Crippen molar-refractivity contribution in [3.8, 4) is 5.75 Å². The second-order valence-electron chi connectivity index (χ2n) is 5.42. The Morgan fingerprint density at radius 1 is 1.36 bits per heavy atom. The number of nitrogens with zero attached hydrogens (tertiary/aromatic N) is 2. The third kappa shape index (κ3) is 3.33. The Morgan fingerprint density at radius 3 is 2.68 bits per heavy atom. The number of carbonyl (C=O) groups excluding carboxylic acids is 1. The van der Waals surface area contributed by atoms with Gasteiger partial charge in [-0.25, -0.2) is 4.68 Å². The van der Waals surface area contributed by atoms with E-state index in [1.165, 1.54) is 4.68 Å². The molecule has 0 aliphatic heterocycles. The highest BCUT2D eigenvalue weighted by molar-refractivity contribution is 6.32. The van der Waals surface area contributed by atoms with E-state index in [0.29, 0.717) is 16.7 Å². The van der Waals surface area contributed by atoms with Gasteiger partial charge in [0.25, 0.3) is 5.91 Å². The lowest BCUT2D eigenvalue weighted by Gasteiger charge is -2.10. The lowest BCUT2D eigenvalue weighted by atomic mass is 9.97. The lowest BCUT2D eigenvalue weighted by Crippen LogP contribution is -2.22. The van der Waals surface area contributed by atoms with Crippen LogP contribution < -0.4 is 4.74 Å². The number of ether oxygens (including phenoxy) is 1. The number of hydrogen-bond donors (Lipinski definition) is 0. The minimum atomic E-state index is -0.199. The van der Waals surface area contributed by atoms with Crippen molar-refractivity contribution in [3.63, 3.8) is 0 Å². The number of aromatic nitrogens is 2. The first kappa shape index (κ1) is 16.6. The van der Waals surface area contributed by atoms with Gasteiger partial charge in [0.1, 0.15) is 5.75 Å². The van der Waals surface area contributed by atoms with Crippen LogP contribution in [0.5, 0.6) is 5.75 Å². The molecule has 0 aliphatic carbocycles. The average molecular weight is 321 g/mol. The van der Waals surface area contributed by atoms with E-state index in [1.54, 1.807) is 12.1 Å². The van der Waals surface area contributed by atoms with Crippen LogP contribution in [0, 0.1) is 13.8 Å². The van der Waals surface area contributed by atoms with Crippen molar-refractivity contribution < 1.29 is 9.53 Å². The first-order chi connectivity index (χ1) is 10.5. The molecular weight excluding hydrogens is 300 g/mol. The van der Waals surface area contributed by atoms with Crippen LogP contribution in [0.3, 0.4) is 0 Å². The normalized spacial score (nSPS) is 12.2. The van der Waals surface area contributed by atoms with Crippen molar-refractivity contribution in [2.45, 2.75) is 40.0 Å². The van der Waals surface area contributed by atoms with E-state index in [1.807, 2.05) is 26.0 Å². The molecule has 2 aromatic rings. The molecule has 118 valence electrons. The molecule has 0 saturated heterocycles. The quantitative estimate of drug-likeness (QED) is 0.820. The fourth-order valence-corrected chi connectivity index (χ4v) is 2.77. The van der Waals surface area contributed by atoms with Crippen molar-refractivity contribution in [1.82, 2.24) is 9.78 Å². The van der Waals surface area contributed by atoms with Crippen LogP contribution in [0.1, 0.15) is 47.9 Å². The highest BCUT2D eigenvalue weighted by atomic mass is 35.5. The predicted octanol–water partition coefficient (Wildman–Crippen LogP) is 4.39. The van der Waals surface area contributed by atoms with Crippen molar-refractivity contribution in [3.05, 3.63) is 46.2 Å². The fraction of sp³-hybridized carbons (Fsp3) is 0.412. The first-order valence-electron chi connectivity index (χ1n) is 7.42. The van der Waals surface area contributed by atoms with Gasteiger partial charge in [-0.3, -0.25) is 4.79 Å². The Kier molecular flexibility index (Phi) is 5.24. The number of carbonyl (C=O) groups is 1. The summed E-state index contributed by atoms with van der Waals surface area (Å²) in [5.41, 5.74) is 2.94. The van der Waals surface area contributed by atoms with Crippen LogP contribution in [0.2, 0.25) is 5.02 Å². The molecule has 1 aromatic carbocycles. The van der Waals surface area contributed by atoms with Gasteiger partial charge in [-0.2, -0.15) is 5.10 Å². The van der Waals surface area contributed by atoms with Crippen molar-refractivity contribution in [2.75, 3.05) is 6.61 Å². The van der Waals surface area contributed by atoms with Crippen molar-refractivity contribution in [1.29, 1.82) is 0 Å². The summed E-state index contributed by atoms with van der Waals surface area (Å²) in [6.07, 6.45) is 1.01. The average Bonchev–Trinajstić information content (AvgIpc) is 2.80. The van der Waals surface area contributed by atoms with Gasteiger partial charge in [-0.1, -0.05) is 37.6 Å². The molecule has 0 amide bonds. The van der Waals surface area contributed by atoms with Gasteiger partial charge in [-0.05, 0) is 43.9 Å². The summed E-state index contributed by atoms with van der Waals surface area (Å²) in [4.78, 5) is 12.4. The van der Waals surface area contributed by atoms with Crippen LogP contribution in [-0.4, -0.2) is 22.3 Å². The molecule has 1 aromatic heterocycles. The number of hydrogen-bond acceptors (Lipinski definition) is 3. The molecule has 1 heterocycles. The van der Waals surface area contributed by atoms with Gasteiger partial charge in [0.2, 0.25) is 0 Å². The Balaban J connectivity index is 2.15. The van der Waals surface area contributed by atoms with Crippen molar-refractivity contribution in [2.24, 2.45) is 0 Å². The van der Waals surface area contributed by atoms with Crippen LogP contribution in [-0.2, 0) is 0 Å². The number of rotatable bonds is 5. The highest BCUT2D eigenvalue weighted by Gasteiger charge is 2.20. The smallest absolute Gasteiger partial charge is 0.284 e. The second kappa shape index (κ2) is 6.97. The van der Waals surface area contributed by atoms with E-state index in [-0.39, 0.29) is 12.5 Å². The van der Waals surface area contributed by atoms with E-state index in [9.17, 15) is 4.79 Å². The zero-order valence-corrected chi connectivity index (χ0v) is 14.1. The maximum atomic E-state index is 12.4. The van der Waals surface area contributed by atoms with Crippen LogP contribution in [0.4, 0.5) is 0 Å².